The van der Waals surface area contributed by atoms with E-state index in [0.717, 1.165) is 5.56 Å². The lowest BCUT2D eigenvalue weighted by atomic mass is 10.2. The quantitative estimate of drug-likeness (QED) is 0.559. The van der Waals surface area contributed by atoms with Crippen LogP contribution in [0.5, 0.6) is 11.5 Å². The van der Waals surface area contributed by atoms with Gasteiger partial charge in [-0.05, 0) is 31.0 Å². The second-order valence-corrected chi connectivity index (χ2v) is 6.52. The summed E-state index contributed by atoms with van der Waals surface area (Å²) in [7, 11) is -0.202. The molecule has 20 heavy (non-hydrogen) atoms. The molecule has 0 bridgehead atoms. The lowest BCUT2D eigenvalue weighted by molar-refractivity contribution is 0.398. The van der Waals surface area contributed by atoms with Gasteiger partial charge in [-0.3, -0.25) is 0 Å². The highest BCUT2D eigenvalue weighted by Gasteiger charge is 2.12. The molecule has 0 fully saturated rings. The molecule has 1 aromatic carbocycles. The fourth-order valence-electron chi connectivity index (χ4n) is 1.67. The first-order chi connectivity index (χ1) is 9.52. The first-order valence-corrected chi connectivity index (χ1v) is 8.45. The maximum Gasteiger partial charge on any atom is 0.211 e. The van der Waals surface area contributed by atoms with Gasteiger partial charge in [0, 0.05) is 18.0 Å². The van der Waals surface area contributed by atoms with Crippen LogP contribution in [0.15, 0.2) is 18.2 Å². The van der Waals surface area contributed by atoms with Crippen LogP contribution in [-0.2, 0) is 16.6 Å². The van der Waals surface area contributed by atoms with Crippen LogP contribution < -0.4 is 14.2 Å². The van der Waals surface area contributed by atoms with Crippen molar-refractivity contribution < 1.29 is 17.9 Å². The monoisotopic (exact) mass is 321 g/mol. The number of unbranched alkanes of at least 4 members (excludes halogenated alkanes) is 1. The Morgan fingerprint density at radius 1 is 1.20 bits per heavy atom. The Morgan fingerprint density at radius 3 is 2.55 bits per heavy atom. The van der Waals surface area contributed by atoms with Crippen LogP contribution in [0.25, 0.3) is 0 Å². The summed E-state index contributed by atoms with van der Waals surface area (Å²) in [6.45, 7) is 0.170. The van der Waals surface area contributed by atoms with Gasteiger partial charge in [0.15, 0.2) is 0 Å². The van der Waals surface area contributed by atoms with Gasteiger partial charge in [0.2, 0.25) is 10.0 Å². The highest BCUT2D eigenvalue weighted by molar-refractivity contribution is 7.89. The molecule has 0 amide bonds. The zero-order valence-electron chi connectivity index (χ0n) is 11.7. The largest absolute Gasteiger partial charge is 0.497 e. The molecule has 5 nitrogen and oxygen atoms in total. The maximum atomic E-state index is 11.8. The Bertz CT molecular complexity index is 519. The Balaban J connectivity index is 2.68. The zero-order chi connectivity index (χ0) is 15.0. The fourth-order valence-corrected chi connectivity index (χ4v) is 2.96. The number of rotatable bonds is 9. The Morgan fingerprint density at radius 2 is 1.95 bits per heavy atom. The van der Waals surface area contributed by atoms with Crippen LogP contribution in [0, 0.1) is 0 Å². The summed E-state index contributed by atoms with van der Waals surface area (Å²) in [4.78, 5) is 0. The summed E-state index contributed by atoms with van der Waals surface area (Å²) in [5.41, 5.74) is 0.729. The van der Waals surface area contributed by atoms with E-state index < -0.39 is 10.0 Å². The van der Waals surface area contributed by atoms with Crippen molar-refractivity contribution in [1.29, 1.82) is 0 Å². The number of hydrogen-bond acceptors (Lipinski definition) is 4. The topological polar surface area (TPSA) is 64.6 Å². The molecule has 0 atom stereocenters. The second-order valence-electron chi connectivity index (χ2n) is 4.21. The molecule has 1 aromatic rings. The first-order valence-electron chi connectivity index (χ1n) is 6.26. The van der Waals surface area contributed by atoms with E-state index in [1.54, 1.807) is 32.4 Å². The van der Waals surface area contributed by atoms with Crippen LogP contribution >= 0.6 is 11.6 Å². The number of halogens is 1. The third-order valence-corrected chi connectivity index (χ3v) is 4.44. The predicted molar refractivity (Wildman–Crippen MR) is 80.1 cm³/mol. The summed E-state index contributed by atoms with van der Waals surface area (Å²) in [6.07, 6.45) is 1.24. The molecule has 0 aromatic heterocycles. The van der Waals surface area contributed by atoms with E-state index in [4.69, 9.17) is 21.1 Å². The van der Waals surface area contributed by atoms with Crippen molar-refractivity contribution in [1.82, 2.24) is 4.72 Å². The number of benzene rings is 1. The van der Waals surface area contributed by atoms with Gasteiger partial charge in [-0.15, -0.1) is 11.6 Å². The summed E-state index contributed by atoms with van der Waals surface area (Å²) in [5.74, 6) is 1.82. The average Bonchev–Trinajstić information content (AvgIpc) is 2.45. The molecule has 0 aliphatic rings. The van der Waals surface area contributed by atoms with E-state index in [-0.39, 0.29) is 12.3 Å². The van der Waals surface area contributed by atoms with Gasteiger partial charge < -0.3 is 9.47 Å². The minimum atomic E-state index is -3.30. The van der Waals surface area contributed by atoms with Crippen molar-refractivity contribution in [3.05, 3.63) is 23.8 Å². The van der Waals surface area contributed by atoms with Crippen LogP contribution in [0.2, 0.25) is 0 Å². The van der Waals surface area contributed by atoms with E-state index in [9.17, 15) is 8.42 Å². The third kappa shape index (κ3) is 5.56. The van der Waals surface area contributed by atoms with Crippen LogP contribution in [0.3, 0.4) is 0 Å². The maximum absolute atomic E-state index is 11.8. The molecule has 0 radical (unpaired) electrons. The zero-order valence-corrected chi connectivity index (χ0v) is 13.3. The Labute approximate surface area is 125 Å². The van der Waals surface area contributed by atoms with Crippen molar-refractivity contribution in [3.8, 4) is 11.5 Å². The van der Waals surface area contributed by atoms with E-state index >= 15 is 0 Å². The van der Waals surface area contributed by atoms with E-state index in [1.165, 1.54) is 0 Å². The first kappa shape index (κ1) is 17.1. The minimum absolute atomic E-state index is 0.0754. The average molecular weight is 322 g/mol. The molecular formula is C13H20ClNO4S. The molecule has 0 saturated heterocycles. The lowest BCUT2D eigenvalue weighted by Gasteiger charge is -2.11. The number of alkyl halides is 1. The molecule has 0 spiro atoms. The van der Waals surface area contributed by atoms with E-state index in [2.05, 4.69) is 4.72 Å². The van der Waals surface area contributed by atoms with Crippen molar-refractivity contribution in [3.63, 3.8) is 0 Å². The summed E-state index contributed by atoms with van der Waals surface area (Å²) in [5, 5.41) is 0. The molecular weight excluding hydrogens is 302 g/mol. The number of sulfonamides is 1. The number of methoxy groups -OCH3 is 2. The van der Waals surface area contributed by atoms with Crippen molar-refractivity contribution >= 4 is 21.6 Å². The smallest absolute Gasteiger partial charge is 0.211 e. The second kappa shape index (κ2) is 8.34. The van der Waals surface area contributed by atoms with Crippen LogP contribution in [0.4, 0.5) is 0 Å². The number of ether oxygens (including phenoxy) is 2. The van der Waals surface area contributed by atoms with Gasteiger partial charge >= 0.3 is 0 Å². The van der Waals surface area contributed by atoms with Gasteiger partial charge in [0.25, 0.3) is 0 Å². The molecule has 1 N–H and O–H groups in total. The van der Waals surface area contributed by atoms with E-state index in [1.807, 2.05) is 0 Å². The van der Waals surface area contributed by atoms with Crippen LogP contribution in [-0.4, -0.2) is 34.3 Å². The van der Waals surface area contributed by atoms with Crippen molar-refractivity contribution in [2.45, 2.75) is 19.4 Å². The Hall–Kier alpha value is -0.980. The third-order valence-electron chi connectivity index (χ3n) is 2.77. The molecule has 1 rings (SSSR count). The van der Waals surface area contributed by atoms with E-state index in [0.29, 0.717) is 30.2 Å². The fraction of sp³-hybridized carbons (Fsp3) is 0.538. The molecule has 7 heteroatoms. The molecule has 0 unspecified atom stereocenters. The minimum Gasteiger partial charge on any atom is -0.497 e. The molecule has 114 valence electrons. The molecule has 0 aliphatic heterocycles. The number of hydrogen-bond donors (Lipinski definition) is 1. The van der Waals surface area contributed by atoms with Crippen molar-refractivity contribution in [2.75, 3.05) is 25.9 Å². The Kier molecular flexibility index (Phi) is 7.12. The highest BCUT2D eigenvalue weighted by Crippen LogP contribution is 2.23. The van der Waals surface area contributed by atoms with Crippen LogP contribution in [0.1, 0.15) is 18.4 Å². The van der Waals surface area contributed by atoms with Gasteiger partial charge in [-0.2, -0.15) is 0 Å². The summed E-state index contributed by atoms with van der Waals surface area (Å²) < 4.78 is 36.5. The SMILES string of the molecule is COc1ccc(OC)c(CNS(=O)(=O)CCCCCl)c1. The van der Waals surface area contributed by atoms with Gasteiger partial charge in [0.1, 0.15) is 11.5 Å². The molecule has 0 aliphatic carbocycles. The van der Waals surface area contributed by atoms with Gasteiger partial charge in [0.05, 0.1) is 20.0 Å². The molecule has 0 saturated carbocycles. The predicted octanol–water partition coefficient (Wildman–Crippen LogP) is 2.14. The van der Waals surface area contributed by atoms with Gasteiger partial charge in [-0.25, -0.2) is 13.1 Å². The highest BCUT2D eigenvalue weighted by atomic mass is 35.5. The standard InChI is InChI=1S/C13H20ClNO4S/c1-18-12-5-6-13(19-2)11(9-12)10-15-20(16,17)8-4-3-7-14/h5-6,9,15H,3-4,7-8,10H2,1-2H3. The normalized spacial score (nSPS) is 11.3. The summed E-state index contributed by atoms with van der Waals surface area (Å²) >= 11 is 5.53. The lowest BCUT2D eigenvalue weighted by Crippen LogP contribution is -2.26. The molecule has 0 heterocycles. The van der Waals surface area contributed by atoms with Gasteiger partial charge in [-0.1, -0.05) is 0 Å². The number of nitrogens with one attached hydrogen (secondary N) is 1. The van der Waals surface area contributed by atoms with Crippen molar-refractivity contribution in [2.24, 2.45) is 0 Å². The summed E-state index contributed by atoms with van der Waals surface area (Å²) in [6, 6.07) is 5.26.